The third-order valence-corrected chi connectivity index (χ3v) is 7.99. The van der Waals surface area contributed by atoms with Crippen LogP contribution in [0.4, 0.5) is 5.00 Å². The Morgan fingerprint density at radius 3 is 3.07 bits per heavy atom. The van der Waals surface area contributed by atoms with E-state index in [1.807, 2.05) is 29.0 Å². The number of fused-ring (bicyclic) bond motifs is 1. The summed E-state index contributed by atoms with van der Waals surface area (Å²) in [6.45, 7) is 5.01. The number of hydrogen-bond donors (Lipinski definition) is 1. The number of amides is 1. The summed E-state index contributed by atoms with van der Waals surface area (Å²) in [5.74, 6) is 1.57. The van der Waals surface area contributed by atoms with Crippen LogP contribution in [-0.4, -0.2) is 26.4 Å². The summed E-state index contributed by atoms with van der Waals surface area (Å²) in [5, 5.41) is 24.5. The highest BCUT2D eigenvalue weighted by Crippen LogP contribution is 2.39. The largest absolute Gasteiger partial charge is 0.316 e. The lowest BCUT2D eigenvalue weighted by Gasteiger charge is -2.17. The number of nitriles is 1. The van der Waals surface area contributed by atoms with Crippen molar-refractivity contribution in [2.45, 2.75) is 44.8 Å². The highest BCUT2D eigenvalue weighted by Gasteiger charge is 2.25. The molecule has 1 atom stereocenters. The summed E-state index contributed by atoms with van der Waals surface area (Å²) in [7, 11) is 0. The lowest BCUT2D eigenvalue weighted by atomic mass is 9.89. The maximum atomic E-state index is 12.6. The molecule has 0 fully saturated rings. The molecule has 1 aliphatic carbocycles. The van der Waals surface area contributed by atoms with E-state index in [0.717, 1.165) is 47.2 Å². The number of carbonyl (C=O) groups excluding carboxylic acids is 1. The third kappa shape index (κ3) is 4.10. The van der Waals surface area contributed by atoms with E-state index < -0.39 is 0 Å². The molecule has 0 spiro atoms. The molecule has 9 heteroatoms. The normalized spacial score (nSPS) is 15.7. The standard InChI is InChI=1S/C20H21N5OS3/c1-3-25-18(15-5-4-8-27-15)23-24-20(25)28-11-17(26)22-19-14(10-21)13-7-6-12(2)9-16(13)29-19/h4-5,8,12H,3,6-7,9,11H2,1-2H3,(H,22,26)/t12-/m0/s1. The lowest BCUT2D eigenvalue weighted by Crippen LogP contribution is -2.14. The van der Waals surface area contributed by atoms with Crippen molar-refractivity contribution in [2.24, 2.45) is 5.92 Å². The van der Waals surface area contributed by atoms with Crippen molar-refractivity contribution in [3.05, 3.63) is 33.5 Å². The van der Waals surface area contributed by atoms with Crippen molar-refractivity contribution < 1.29 is 4.79 Å². The fraction of sp³-hybridized carbons (Fsp3) is 0.400. The maximum Gasteiger partial charge on any atom is 0.235 e. The van der Waals surface area contributed by atoms with E-state index in [9.17, 15) is 10.1 Å². The average Bonchev–Trinajstić information content (AvgIpc) is 3.43. The predicted octanol–water partition coefficient (Wildman–Crippen LogP) is 4.82. The zero-order valence-corrected chi connectivity index (χ0v) is 18.7. The highest BCUT2D eigenvalue weighted by molar-refractivity contribution is 7.99. The van der Waals surface area contributed by atoms with Crippen LogP contribution in [0.1, 0.15) is 36.3 Å². The SMILES string of the molecule is CCn1c(SCC(=O)Nc2sc3c(c2C#N)CC[C@H](C)C3)nnc1-c1cccs1. The van der Waals surface area contributed by atoms with Crippen LogP contribution in [0.15, 0.2) is 22.7 Å². The van der Waals surface area contributed by atoms with E-state index >= 15 is 0 Å². The van der Waals surface area contributed by atoms with Crippen LogP contribution >= 0.6 is 34.4 Å². The van der Waals surface area contributed by atoms with E-state index in [0.29, 0.717) is 16.5 Å². The highest BCUT2D eigenvalue weighted by atomic mass is 32.2. The second-order valence-corrected chi connectivity index (χ2v) is 10.0. The van der Waals surface area contributed by atoms with Gasteiger partial charge in [0.05, 0.1) is 16.2 Å². The molecule has 0 radical (unpaired) electrons. The Morgan fingerprint density at radius 1 is 1.48 bits per heavy atom. The molecule has 0 saturated carbocycles. The van der Waals surface area contributed by atoms with Crippen LogP contribution in [0.2, 0.25) is 0 Å². The number of thioether (sulfide) groups is 1. The summed E-state index contributed by atoms with van der Waals surface area (Å²) in [5.41, 5.74) is 1.77. The van der Waals surface area contributed by atoms with Crippen molar-refractivity contribution in [3.63, 3.8) is 0 Å². The van der Waals surface area contributed by atoms with Crippen LogP contribution < -0.4 is 5.32 Å². The van der Waals surface area contributed by atoms with Gasteiger partial charge in [-0.3, -0.25) is 4.79 Å². The molecule has 150 valence electrons. The quantitative estimate of drug-likeness (QED) is 0.553. The van der Waals surface area contributed by atoms with Gasteiger partial charge in [0.25, 0.3) is 0 Å². The molecule has 1 N–H and O–H groups in total. The number of aromatic nitrogens is 3. The Hall–Kier alpha value is -2.15. The van der Waals surface area contributed by atoms with Gasteiger partial charge >= 0.3 is 0 Å². The molecule has 0 aliphatic heterocycles. The minimum Gasteiger partial charge on any atom is -0.316 e. The first-order valence-electron chi connectivity index (χ1n) is 9.55. The van der Waals surface area contributed by atoms with E-state index in [-0.39, 0.29) is 11.7 Å². The summed E-state index contributed by atoms with van der Waals surface area (Å²) >= 11 is 4.55. The van der Waals surface area contributed by atoms with Gasteiger partial charge in [0, 0.05) is 11.4 Å². The molecular formula is C20H21N5OS3. The van der Waals surface area contributed by atoms with Gasteiger partial charge < -0.3 is 9.88 Å². The average molecular weight is 444 g/mol. The molecule has 6 nitrogen and oxygen atoms in total. The molecule has 0 aromatic carbocycles. The molecule has 1 aliphatic rings. The first-order valence-corrected chi connectivity index (χ1v) is 12.2. The molecule has 1 amide bonds. The predicted molar refractivity (Wildman–Crippen MR) is 119 cm³/mol. The number of rotatable bonds is 6. The summed E-state index contributed by atoms with van der Waals surface area (Å²) in [4.78, 5) is 14.9. The number of nitrogens with one attached hydrogen (secondary N) is 1. The molecule has 0 bridgehead atoms. The van der Waals surface area contributed by atoms with E-state index in [1.54, 1.807) is 22.7 Å². The summed E-state index contributed by atoms with van der Waals surface area (Å²) in [6, 6.07) is 6.31. The van der Waals surface area contributed by atoms with Crippen LogP contribution in [0.3, 0.4) is 0 Å². The Labute approximate surface area is 182 Å². The maximum absolute atomic E-state index is 12.6. The zero-order valence-electron chi connectivity index (χ0n) is 16.3. The van der Waals surface area contributed by atoms with Gasteiger partial charge in [0.2, 0.25) is 5.91 Å². The molecule has 0 saturated heterocycles. The van der Waals surface area contributed by atoms with Crippen LogP contribution in [-0.2, 0) is 24.2 Å². The Balaban J connectivity index is 1.45. The Bertz CT molecular complexity index is 1060. The molecule has 3 aromatic rings. The smallest absolute Gasteiger partial charge is 0.235 e. The minimum absolute atomic E-state index is 0.124. The van der Waals surface area contributed by atoms with Gasteiger partial charge in [-0.2, -0.15) is 5.26 Å². The molecule has 3 heterocycles. The number of carbonyl (C=O) groups is 1. The van der Waals surface area contributed by atoms with Crippen LogP contribution in [0.25, 0.3) is 10.7 Å². The van der Waals surface area contributed by atoms with E-state index in [1.165, 1.54) is 16.6 Å². The first-order chi connectivity index (χ1) is 14.1. The van der Waals surface area contributed by atoms with Crippen molar-refractivity contribution in [1.29, 1.82) is 5.26 Å². The topological polar surface area (TPSA) is 83.6 Å². The second-order valence-electron chi connectivity index (χ2n) is 7.03. The third-order valence-electron chi connectivity index (χ3n) is 4.98. The number of thiophene rings is 2. The van der Waals surface area contributed by atoms with E-state index in [2.05, 4.69) is 28.5 Å². The van der Waals surface area contributed by atoms with Gasteiger partial charge in [-0.25, -0.2) is 0 Å². The molecule has 0 unspecified atom stereocenters. The number of anilines is 1. The van der Waals surface area contributed by atoms with E-state index in [4.69, 9.17) is 0 Å². The summed E-state index contributed by atoms with van der Waals surface area (Å²) < 4.78 is 2.02. The van der Waals surface area contributed by atoms with Crippen molar-refractivity contribution in [1.82, 2.24) is 14.8 Å². The van der Waals surface area contributed by atoms with Gasteiger partial charge in [0.1, 0.15) is 11.1 Å². The molecule has 3 aromatic heterocycles. The molecule has 4 rings (SSSR count). The van der Waals surface area contributed by atoms with Crippen molar-refractivity contribution in [2.75, 3.05) is 11.1 Å². The monoisotopic (exact) mass is 443 g/mol. The molecular weight excluding hydrogens is 422 g/mol. The zero-order chi connectivity index (χ0) is 20.4. The van der Waals surface area contributed by atoms with Crippen LogP contribution in [0, 0.1) is 17.2 Å². The van der Waals surface area contributed by atoms with Gasteiger partial charge in [-0.1, -0.05) is 24.8 Å². The lowest BCUT2D eigenvalue weighted by molar-refractivity contribution is -0.113. The van der Waals surface area contributed by atoms with Gasteiger partial charge in [-0.05, 0) is 49.1 Å². The van der Waals surface area contributed by atoms with Crippen LogP contribution in [0.5, 0.6) is 0 Å². The number of hydrogen-bond acceptors (Lipinski definition) is 7. The Kier molecular flexibility index (Phi) is 6.04. The van der Waals surface area contributed by atoms with Gasteiger partial charge in [-0.15, -0.1) is 32.9 Å². The summed E-state index contributed by atoms with van der Waals surface area (Å²) in [6.07, 6.45) is 3.01. The first kappa shape index (κ1) is 20.1. The molecule has 29 heavy (non-hydrogen) atoms. The minimum atomic E-state index is -0.124. The number of nitrogens with zero attached hydrogens (tertiary/aromatic N) is 4. The Morgan fingerprint density at radius 2 is 2.34 bits per heavy atom. The fourth-order valence-corrected chi connectivity index (χ4v) is 6.42. The second kappa shape index (κ2) is 8.69. The van der Waals surface area contributed by atoms with Crippen molar-refractivity contribution in [3.8, 4) is 16.8 Å². The van der Waals surface area contributed by atoms with Crippen molar-refractivity contribution >= 4 is 45.3 Å². The van der Waals surface area contributed by atoms with Gasteiger partial charge in [0.15, 0.2) is 11.0 Å². The fourth-order valence-electron chi connectivity index (χ4n) is 3.52.